The highest BCUT2D eigenvalue weighted by Gasteiger charge is 2.25. The maximum atomic E-state index is 13.1. The molecule has 2 atom stereocenters. The number of carbonyl (C=O) groups excluding carboxylic acids is 2. The lowest BCUT2D eigenvalue weighted by Crippen LogP contribution is -2.42. The van der Waals surface area contributed by atoms with Crippen molar-refractivity contribution >= 4 is 58.5 Å². The summed E-state index contributed by atoms with van der Waals surface area (Å²) in [7, 11) is 0. The number of aromatic nitrogens is 3. The molecule has 0 spiro atoms. The number of hydrogen-bond acceptors (Lipinski definition) is 9. The molecule has 15 heteroatoms. The smallest absolute Gasteiger partial charge is 0.326 e. The molecular weight excluding hydrogens is 695 g/mol. The Morgan fingerprint density at radius 3 is 2.65 bits per heavy atom. The molecule has 6 rings (SSSR count). The first kappa shape index (κ1) is 34.9. The first-order chi connectivity index (χ1) is 24.4. The number of thiazole rings is 1. The van der Waals surface area contributed by atoms with Gasteiger partial charge in [0.15, 0.2) is 10.9 Å². The molecule has 0 bridgehead atoms. The summed E-state index contributed by atoms with van der Waals surface area (Å²) in [5, 5.41) is 24.4. The molecule has 0 saturated carbocycles. The molecule has 260 valence electrons. The molecule has 1 unspecified atom stereocenters. The van der Waals surface area contributed by atoms with Crippen LogP contribution in [0.15, 0.2) is 75.4 Å². The summed E-state index contributed by atoms with van der Waals surface area (Å²) in [6, 6.07) is 14.0. The van der Waals surface area contributed by atoms with Crippen LogP contribution in [0.1, 0.15) is 62.2 Å². The highest BCUT2D eigenvalue weighted by Crippen LogP contribution is 2.41. The van der Waals surface area contributed by atoms with Gasteiger partial charge in [0.05, 0.1) is 25.1 Å². The number of aryl methyl sites for hydroxylation is 2. The molecule has 1 aliphatic carbocycles. The minimum Gasteiger partial charge on any atom is -0.481 e. The zero-order chi connectivity index (χ0) is 36.4. The number of furan rings is 1. The monoisotopic (exact) mass is 725 g/mol. The number of nitrogens with zero attached hydrogens (tertiary/aromatic N) is 2. The molecule has 3 aromatic heterocycles. The van der Waals surface area contributed by atoms with Crippen molar-refractivity contribution < 1.29 is 33.8 Å². The number of carboxylic acid groups (broad SMARTS) is 2. The van der Waals surface area contributed by atoms with E-state index in [9.17, 15) is 24.0 Å². The van der Waals surface area contributed by atoms with Crippen LogP contribution in [0, 0.1) is 18.5 Å². The predicted molar refractivity (Wildman–Crippen MR) is 192 cm³/mol. The summed E-state index contributed by atoms with van der Waals surface area (Å²) in [5.41, 5.74) is 7.19. The van der Waals surface area contributed by atoms with Crippen molar-refractivity contribution in [2.45, 2.75) is 45.2 Å². The molecule has 13 nitrogen and oxygen atoms in total. The third kappa shape index (κ3) is 7.79. The zero-order valence-electron chi connectivity index (χ0n) is 27.3. The van der Waals surface area contributed by atoms with Crippen molar-refractivity contribution in [2.75, 3.05) is 5.32 Å². The van der Waals surface area contributed by atoms with Gasteiger partial charge in [-0.2, -0.15) is 0 Å². The van der Waals surface area contributed by atoms with Gasteiger partial charge in [-0.05, 0) is 53.8 Å². The summed E-state index contributed by atoms with van der Waals surface area (Å²) in [6.45, 7) is 4.14. The Hall–Kier alpha value is -5.93. The zero-order valence-corrected chi connectivity index (χ0v) is 28.9. The topological polar surface area (TPSA) is 197 Å². The van der Waals surface area contributed by atoms with Crippen molar-refractivity contribution in [1.29, 1.82) is 0 Å². The fourth-order valence-corrected chi connectivity index (χ4v) is 6.86. The molecule has 0 radical (unpaired) electrons. The van der Waals surface area contributed by atoms with Gasteiger partial charge in [-0.3, -0.25) is 29.3 Å². The van der Waals surface area contributed by atoms with Gasteiger partial charge in [0, 0.05) is 23.1 Å². The Kier molecular flexibility index (Phi) is 9.93. The Morgan fingerprint density at radius 1 is 1.08 bits per heavy atom. The number of nitrogens with one attached hydrogen (secondary N) is 3. The average Bonchev–Trinajstić information content (AvgIpc) is 3.69. The second kappa shape index (κ2) is 14.5. The molecule has 3 heterocycles. The minimum absolute atomic E-state index is 0.0114. The van der Waals surface area contributed by atoms with Gasteiger partial charge in [0.1, 0.15) is 16.4 Å². The van der Waals surface area contributed by atoms with Gasteiger partial charge < -0.3 is 19.9 Å². The summed E-state index contributed by atoms with van der Waals surface area (Å²) in [6.07, 6.45) is 4.81. The molecule has 2 amide bonds. The van der Waals surface area contributed by atoms with Gasteiger partial charge in [-0.1, -0.05) is 66.3 Å². The van der Waals surface area contributed by atoms with E-state index in [-0.39, 0.29) is 35.5 Å². The third-order valence-corrected chi connectivity index (χ3v) is 9.47. The maximum absolute atomic E-state index is 13.1. The van der Waals surface area contributed by atoms with Gasteiger partial charge >= 0.3 is 17.6 Å². The van der Waals surface area contributed by atoms with E-state index in [0.717, 1.165) is 50.3 Å². The van der Waals surface area contributed by atoms with Crippen molar-refractivity contribution in [3.8, 4) is 11.1 Å². The molecule has 2 aromatic carbocycles. The summed E-state index contributed by atoms with van der Waals surface area (Å²) in [5.74, 6) is -4.17. The van der Waals surface area contributed by atoms with E-state index in [1.165, 1.54) is 16.0 Å². The van der Waals surface area contributed by atoms with Crippen LogP contribution < -0.4 is 16.3 Å². The van der Waals surface area contributed by atoms with Crippen LogP contribution in [0.2, 0.25) is 0 Å². The molecule has 0 saturated heterocycles. The number of carbonyl (C=O) groups is 4. The van der Waals surface area contributed by atoms with E-state index >= 15 is 0 Å². The van der Waals surface area contributed by atoms with E-state index in [1.807, 2.05) is 6.07 Å². The standard InChI is InChI=1S/C36H31N5O8S2/c1-18-6-8-24-25(10-9-22-19(2)4-3-5-23(22)26(24)12-18)27-16-41(36(48)40-33(27)50)15-21-7-11-29(49-21)32(45)39-35-37-20(17-51-35)13-30(42)38-28(34(46)47)14-31(43)44/h3-12,16-17,25,28H,13-15H2,1-2H3,(H,38,42)(H,43,44)(H,46,47)(H,37,39,45)(H,40,48,50)/t25?,28-/m0/s1. The van der Waals surface area contributed by atoms with Crippen molar-refractivity contribution in [2.24, 2.45) is 0 Å². The van der Waals surface area contributed by atoms with E-state index in [4.69, 9.17) is 26.8 Å². The maximum Gasteiger partial charge on any atom is 0.326 e. The Morgan fingerprint density at radius 2 is 1.88 bits per heavy atom. The predicted octanol–water partition coefficient (Wildman–Crippen LogP) is 5.29. The number of H-pyrrole nitrogens is 1. The number of benzene rings is 2. The molecule has 0 fully saturated rings. The van der Waals surface area contributed by atoms with Crippen molar-refractivity contribution in [3.63, 3.8) is 0 Å². The fraction of sp³-hybridized carbons (Fsp3) is 0.194. The lowest BCUT2D eigenvalue weighted by Gasteiger charge is -2.19. The number of amides is 2. The van der Waals surface area contributed by atoms with Crippen LogP contribution in [-0.4, -0.2) is 54.5 Å². The number of fused-ring (bicyclic) bond motifs is 3. The molecule has 51 heavy (non-hydrogen) atoms. The number of aliphatic carboxylic acids is 2. The number of anilines is 1. The van der Waals surface area contributed by atoms with Gasteiger partial charge in [0.25, 0.3) is 5.91 Å². The summed E-state index contributed by atoms with van der Waals surface area (Å²) in [4.78, 5) is 67.4. The number of hydrogen-bond donors (Lipinski definition) is 5. The van der Waals surface area contributed by atoms with Gasteiger partial charge in [-0.25, -0.2) is 14.6 Å². The van der Waals surface area contributed by atoms with Crippen LogP contribution in [0.5, 0.6) is 0 Å². The molecule has 5 aromatic rings. The second-order valence-electron chi connectivity index (χ2n) is 12.0. The van der Waals surface area contributed by atoms with Gasteiger partial charge in [0.2, 0.25) is 5.91 Å². The number of carboxylic acids is 2. The Labute approximate surface area is 299 Å². The lowest BCUT2D eigenvalue weighted by atomic mass is 9.87. The van der Waals surface area contributed by atoms with Crippen LogP contribution in [0.25, 0.3) is 17.2 Å². The number of allylic oxidation sites excluding steroid dienone is 1. The van der Waals surface area contributed by atoms with E-state index < -0.39 is 41.9 Å². The lowest BCUT2D eigenvalue weighted by molar-refractivity contribution is -0.147. The van der Waals surface area contributed by atoms with Crippen molar-refractivity contribution in [3.05, 3.63) is 126 Å². The van der Waals surface area contributed by atoms with Crippen LogP contribution >= 0.6 is 23.6 Å². The Bertz CT molecular complexity index is 2350. The van der Waals surface area contributed by atoms with Crippen molar-refractivity contribution in [1.82, 2.24) is 19.9 Å². The average molecular weight is 726 g/mol. The van der Waals surface area contributed by atoms with Crippen LogP contribution in [-0.2, 0) is 27.3 Å². The largest absolute Gasteiger partial charge is 0.481 e. The number of rotatable bonds is 11. The highest BCUT2D eigenvalue weighted by molar-refractivity contribution is 7.71. The molecular formula is C36H31N5O8S2. The van der Waals surface area contributed by atoms with Gasteiger partial charge in [-0.15, -0.1) is 11.3 Å². The highest BCUT2D eigenvalue weighted by atomic mass is 32.1. The summed E-state index contributed by atoms with van der Waals surface area (Å²) >= 11 is 6.71. The molecule has 1 aliphatic rings. The van der Waals surface area contributed by atoms with Crippen LogP contribution in [0.4, 0.5) is 5.13 Å². The number of aromatic amines is 1. The second-order valence-corrected chi connectivity index (χ2v) is 13.3. The summed E-state index contributed by atoms with van der Waals surface area (Å²) < 4.78 is 7.56. The molecule has 5 N–H and O–H groups in total. The quantitative estimate of drug-likeness (QED) is 0.112. The Balaban J connectivity index is 1.17. The third-order valence-electron chi connectivity index (χ3n) is 8.32. The van der Waals surface area contributed by atoms with Crippen LogP contribution in [0.3, 0.4) is 0 Å². The van der Waals surface area contributed by atoms with E-state index in [0.29, 0.717) is 10.4 Å². The van der Waals surface area contributed by atoms with E-state index in [1.54, 1.807) is 12.3 Å². The SMILES string of the molecule is Cc1ccc2c(c1)-c1cccc(C)c1C=CC2c1cn(Cc2ccc(C(=O)Nc3nc(CC(=O)N[C@@H](CC(=O)O)C(=O)O)cs3)o2)c(=O)[nH]c1=S. The first-order valence-electron chi connectivity index (χ1n) is 15.7. The molecule has 0 aliphatic heterocycles. The fourth-order valence-electron chi connectivity index (χ4n) is 5.89. The first-order valence-corrected chi connectivity index (χ1v) is 17.0. The normalized spacial score (nSPS) is 13.8. The minimum atomic E-state index is -1.59. The van der Waals surface area contributed by atoms with E-state index in [2.05, 4.69) is 76.9 Å².